The van der Waals surface area contributed by atoms with Crippen LogP contribution in [0, 0.1) is 0 Å². The number of fused-ring (bicyclic) bond motifs is 1. The van der Waals surface area contributed by atoms with E-state index in [1.807, 2.05) is 18.3 Å². The highest BCUT2D eigenvalue weighted by molar-refractivity contribution is 6.71. The summed E-state index contributed by atoms with van der Waals surface area (Å²) in [7, 11) is 0.569. The molecule has 0 saturated carbocycles. The molecular weight excluding hydrogens is 478 g/mol. The van der Waals surface area contributed by atoms with Crippen LogP contribution in [-0.2, 0) is 11.0 Å². The van der Waals surface area contributed by atoms with Gasteiger partial charge >= 0.3 is 0 Å². The smallest absolute Gasteiger partial charge is 0.186 e. The van der Waals surface area contributed by atoms with Gasteiger partial charge in [0.25, 0.3) is 0 Å². The van der Waals surface area contributed by atoms with Crippen molar-refractivity contribution in [2.24, 2.45) is 0 Å². The van der Waals surface area contributed by atoms with Crippen LogP contribution in [0.3, 0.4) is 0 Å². The van der Waals surface area contributed by atoms with Gasteiger partial charge in [0.2, 0.25) is 0 Å². The van der Waals surface area contributed by atoms with Gasteiger partial charge in [-0.2, -0.15) is 5.10 Å². The fraction of sp³-hybridized carbons (Fsp3) is 0.615. The van der Waals surface area contributed by atoms with E-state index in [-0.39, 0.29) is 6.04 Å². The molecule has 1 aliphatic rings. The van der Waals surface area contributed by atoms with E-state index in [1.165, 1.54) is 18.9 Å². The van der Waals surface area contributed by atoms with Crippen molar-refractivity contribution < 1.29 is 8.84 Å². The number of pyridine rings is 1. The van der Waals surface area contributed by atoms with Crippen LogP contribution in [0.2, 0.25) is 24.3 Å². The lowest BCUT2D eigenvalue weighted by atomic mass is 10.2. The number of furan rings is 1. The highest BCUT2D eigenvalue weighted by Crippen LogP contribution is 2.33. The Morgan fingerprint density at radius 1 is 1.20 bits per heavy atom. The molecule has 9 heteroatoms. The van der Waals surface area contributed by atoms with Gasteiger partial charge < -0.3 is 13.7 Å². The molecule has 0 bridgehead atoms. The van der Waals surface area contributed by atoms with E-state index in [2.05, 4.69) is 59.5 Å². The Morgan fingerprint density at radius 3 is 2.71 bits per heavy atom. The van der Waals surface area contributed by atoms with Crippen LogP contribution in [0.25, 0.3) is 22.4 Å². The van der Waals surface area contributed by atoms with Crippen LogP contribution >= 0.6 is 11.6 Å². The first kappa shape index (κ1) is 26.4. The van der Waals surface area contributed by atoms with Crippen molar-refractivity contribution in [3.63, 3.8) is 0 Å². The van der Waals surface area contributed by atoms with Crippen molar-refractivity contribution in [3.8, 4) is 11.5 Å². The second-order valence-electron chi connectivity index (χ2n) is 10.5. The van der Waals surface area contributed by atoms with E-state index in [9.17, 15) is 0 Å². The largest absolute Gasteiger partial charge is 0.458 e. The van der Waals surface area contributed by atoms with Gasteiger partial charge in [0.05, 0.1) is 18.1 Å². The first-order valence-corrected chi connectivity index (χ1v) is 16.4. The summed E-state index contributed by atoms with van der Waals surface area (Å²) >= 11 is 6.28. The van der Waals surface area contributed by atoms with Crippen LogP contribution in [-0.4, -0.2) is 72.7 Å². The first-order valence-electron chi connectivity index (χ1n) is 12.9. The molecular formula is C26H40ClN5O2Si. The Kier molecular flexibility index (Phi) is 8.70. The topological polar surface area (TPSA) is 59.6 Å². The molecule has 35 heavy (non-hydrogen) atoms. The van der Waals surface area contributed by atoms with Crippen LogP contribution in [0.4, 0.5) is 0 Å². The Bertz CT molecular complexity index is 1110. The van der Waals surface area contributed by atoms with Gasteiger partial charge in [0.15, 0.2) is 14.1 Å². The molecule has 0 aliphatic carbocycles. The number of aromatic nitrogens is 3. The summed E-state index contributed by atoms with van der Waals surface area (Å²) in [6.07, 6.45) is 5.17. The molecule has 7 nitrogen and oxygen atoms in total. The zero-order valence-electron chi connectivity index (χ0n) is 21.9. The number of piperazine rings is 1. The number of halogens is 1. The summed E-state index contributed by atoms with van der Waals surface area (Å²) in [4.78, 5) is 9.14. The predicted octanol–water partition coefficient (Wildman–Crippen LogP) is 6.07. The van der Waals surface area contributed by atoms with Crippen molar-refractivity contribution in [2.75, 3.05) is 39.8 Å². The lowest BCUT2D eigenvalue weighted by Crippen LogP contribution is -2.43. The standard InChI is InChI=1S/C26H40ClN5O2Si/c1-6-7-16-35(4,5)33-15-10-20(2)32-23-17-25(27)28-18-22(23)26(29-32)24-9-8-21(34-24)19-31-13-11-30(3)12-14-31/h8-9,17-18,20H,6-7,10-16,19H2,1-5H3. The lowest BCUT2D eigenvalue weighted by Gasteiger charge is -2.31. The molecule has 1 atom stereocenters. The normalized spacial score (nSPS) is 16.9. The van der Waals surface area contributed by atoms with E-state index in [0.717, 1.165) is 73.9 Å². The Hall–Kier alpha value is -1.71. The van der Waals surface area contributed by atoms with Gasteiger partial charge in [-0.15, -0.1) is 0 Å². The molecule has 3 aromatic rings. The van der Waals surface area contributed by atoms with E-state index >= 15 is 0 Å². The quantitative estimate of drug-likeness (QED) is 0.227. The van der Waals surface area contributed by atoms with Crippen LogP contribution in [0.15, 0.2) is 28.8 Å². The molecule has 4 rings (SSSR count). The maximum Gasteiger partial charge on any atom is 0.186 e. The van der Waals surface area contributed by atoms with Crippen molar-refractivity contribution in [1.82, 2.24) is 24.6 Å². The second kappa shape index (κ2) is 11.6. The van der Waals surface area contributed by atoms with Crippen LogP contribution < -0.4 is 0 Å². The molecule has 0 spiro atoms. The Labute approximate surface area is 215 Å². The van der Waals surface area contributed by atoms with Gasteiger partial charge in [-0.05, 0) is 51.7 Å². The average molecular weight is 518 g/mol. The Morgan fingerprint density at radius 2 is 1.97 bits per heavy atom. The minimum atomic E-state index is -1.60. The monoisotopic (exact) mass is 517 g/mol. The molecule has 3 aromatic heterocycles. The molecule has 0 aromatic carbocycles. The predicted molar refractivity (Wildman–Crippen MR) is 145 cm³/mol. The summed E-state index contributed by atoms with van der Waals surface area (Å²) in [5.41, 5.74) is 1.80. The Balaban J connectivity index is 1.50. The molecule has 4 heterocycles. The van der Waals surface area contributed by atoms with Crippen LogP contribution in [0.5, 0.6) is 0 Å². The van der Waals surface area contributed by atoms with Gasteiger partial charge in [-0.3, -0.25) is 9.58 Å². The number of hydrogen-bond donors (Lipinski definition) is 0. The average Bonchev–Trinajstić information content (AvgIpc) is 3.43. The van der Waals surface area contributed by atoms with E-state index < -0.39 is 8.32 Å². The minimum absolute atomic E-state index is 0.167. The zero-order valence-corrected chi connectivity index (χ0v) is 23.6. The third-order valence-corrected chi connectivity index (χ3v) is 9.76. The molecule has 0 amide bonds. The van der Waals surface area contributed by atoms with E-state index in [1.54, 1.807) is 0 Å². The molecule has 1 unspecified atom stereocenters. The fourth-order valence-electron chi connectivity index (χ4n) is 4.64. The number of rotatable bonds is 11. The van der Waals surface area contributed by atoms with Crippen molar-refractivity contribution in [1.29, 1.82) is 0 Å². The van der Waals surface area contributed by atoms with Crippen molar-refractivity contribution in [3.05, 3.63) is 35.3 Å². The summed E-state index contributed by atoms with van der Waals surface area (Å²) in [6, 6.07) is 7.38. The van der Waals surface area contributed by atoms with Crippen LogP contribution in [0.1, 0.15) is 44.9 Å². The number of nitrogens with zero attached hydrogens (tertiary/aromatic N) is 5. The SMILES string of the molecule is CCCC[Si](C)(C)OCCC(C)n1nc(-c2ccc(CN3CCN(C)CC3)o2)c2cnc(Cl)cc21. The van der Waals surface area contributed by atoms with E-state index in [0.29, 0.717) is 5.15 Å². The highest BCUT2D eigenvalue weighted by atomic mass is 35.5. The molecule has 1 aliphatic heterocycles. The molecule has 1 fully saturated rings. The maximum absolute atomic E-state index is 6.37. The highest BCUT2D eigenvalue weighted by Gasteiger charge is 2.24. The molecule has 0 radical (unpaired) electrons. The van der Waals surface area contributed by atoms with Gasteiger partial charge in [0, 0.05) is 50.4 Å². The first-order chi connectivity index (χ1) is 16.8. The zero-order chi connectivity index (χ0) is 25.0. The molecule has 192 valence electrons. The molecule has 0 N–H and O–H groups in total. The third kappa shape index (κ3) is 6.74. The maximum atomic E-state index is 6.37. The number of likely N-dealkylation sites (N-methyl/N-ethyl adjacent to an activating group) is 1. The second-order valence-corrected chi connectivity index (χ2v) is 15.2. The summed E-state index contributed by atoms with van der Waals surface area (Å²) in [5.74, 6) is 1.74. The molecule has 1 saturated heterocycles. The summed E-state index contributed by atoms with van der Waals surface area (Å²) < 4.78 is 14.7. The number of unbranched alkanes of at least 4 members (excludes halogenated alkanes) is 1. The van der Waals surface area contributed by atoms with Gasteiger partial charge in [-0.1, -0.05) is 31.4 Å². The van der Waals surface area contributed by atoms with Gasteiger partial charge in [0.1, 0.15) is 16.6 Å². The third-order valence-electron chi connectivity index (χ3n) is 7.01. The minimum Gasteiger partial charge on any atom is -0.458 e. The van der Waals surface area contributed by atoms with Crippen molar-refractivity contribution >= 4 is 30.8 Å². The lowest BCUT2D eigenvalue weighted by molar-refractivity contribution is 0.140. The van der Waals surface area contributed by atoms with E-state index in [4.69, 9.17) is 25.5 Å². The summed E-state index contributed by atoms with van der Waals surface area (Å²) in [6.45, 7) is 14.9. The van der Waals surface area contributed by atoms with Crippen molar-refractivity contribution in [2.45, 2.75) is 64.8 Å². The van der Waals surface area contributed by atoms with Gasteiger partial charge in [-0.25, -0.2) is 4.98 Å². The number of hydrogen-bond acceptors (Lipinski definition) is 6. The fourth-order valence-corrected chi connectivity index (χ4v) is 6.82. The summed E-state index contributed by atoms with van der Waals surface area (Å²) in [5, 5.41) is 6.42.